The van der Waals surface area contributed by atoms with E-state index in [1.807, 2.05) is 22.8 Å². The Hall–Kier alpha value is -1.40. The van der Waals surface area contributed by atoms with E-state index >= 15 is 0 Å². The number of amides is 1. The van der Waals surface area contributed by atoms with Crippen molar-refractivity contribution in [3.05, 3.63) is 18.0 Å². The minimum atomic E-state index is 0.341. The van der Waals surface area contributed by atoms with Crippen LogP contribution in [0.25, 0.3) is 0 Å². The monoisotopic (exact) mass is 305 g/mol. The maximum absolute atomic E-state index is 12.3. The molecule has 2 aliphatic rings. The molecule has 0 radical (unpaired) electrons. The highest BCUT2D eigenvalue weighted by atomic mass is 16.2. The Balaban J connectivity index is 1.38. The molecular weight excluding hydrogens is 278 g/mol. The van der Waals surface area contributed by atoms with Gasteiger partial charge in [0.05, 0.1) is 6.20 Å². The summed E-state index contributed by atoms with van der Waals surface area (Å²) in [5.41, 5.74) is 1.25. The number of hydrogen-bond donors (Lipinski definition) is 1. The third-order valence-electron chi connectivity index (χ3n) is 4.82. The van der Waals surface area contributed by atoms with E-state index in [1.54, 1.807) is 0 Å². The van der Waals surface area contributed by atoms with Gasteiger partial charge in [0.15, 0.2) is 0 Å². The molecule has 2 aliphatic heterocycles. The number of aromatic nitrogens is 2. The molecule has 0 spiro atoms. The van der Waals surface area contributed by atoms with Gasteiger partial charge < -0.3 is 10.2 Å². The Morgan fingerprint density at radius 2 is 2.18 bits per heavy atom. The van der Waals surface area contributed by atoms with Crippen molar-refractivity contribution in [2.75, 3.05) is 39.3 Å². The van der Waals surface area contributed by atoms with Crippen LogP contribution in [0, 0.1) is 5.92 Å². The van der Waals surface area contributed by atoms with Gasteiger partial charge in [-0.3, -0.25) is 14.4 Å². The number of aryl methyl sites for hydroxylation is 1. The molecular formula is C16H27N5O. The molecule has 0 saturated carbocycles. The number of nitrogens with one attached hydrogen (secondary N) is 1. The summed E-state index contributed by atoms with van der Waals surface area (Å²) in [4.78, 5) is 16.7. The molecule has 1 atom stereocenters. The van der Waals surface area contributed by atoms with E-state index in [0.717, 1.165) is 58.7 Å². The van der Waals surface area contributed by atoms with Gasteiger partial charge in [0.1, 0.15) is 0 Å². The summed E-state index contributed by atoms with van der Waals surface area (Å²) in [6.07, 6.45) is 6.98. The molecule has 1 amide bonds. The zero-order chi connectivity index (χ0) is 15.4. The largest absolute Gasteiger partial charge is 0.340 e. The van der Waals surface area contributed by atoms with Gasteiger partial charge >= 0.3 is 0 Å². The van der Waals surface area contributed by atoms with Gasteiger partial charge in [-0.2, -0.15) is 5.10 Å². The maximum atomic E-state index is 12.3. The highest BCUT2D eigenvalue weighted by Gasteiger charge is 2.22. The zero-order valence-electron chi connectivity index (χ0n) is 13.5. The smallest absolute Gasteiger partial charge is 0.222 e. The van der Waals surface area contributed by atoms with E-state index in [9.17, 15) is 4.79 Å². The summed E-state index contributed by atoms with van der Waals surface area (Å²) in [7, 11) is 1.94. The average Bonchev–Trinajstić information content (AvgIpc) is 3.17. The van der Waals surface area contributed by atoms with Crippen LogP contribution < -0.4 is 5.32 Å². The van der Waals surface area contributed by atoms with Crippen LogP contribution in [0.3, 0.4) is 0 Å². The lowest BCUT2D eigenvalue weighted by Crippen LogP contribution is -2.48. The zero-order valence-corrected chi connectivity index (χ0v) is 13.5. The van der Waals surface area contributed by atoms with Crippen molar-refractivity contribution >= 4 is 5.91 Å². The number of hydrogen-bond acceptors (Lipinski definition) is 4. The first-order valence-electron chi connectivity index (χ1n) is 8.39. The number of carbonyl (C=O) groups excluding carboxylic acids is 1. The minimum Gasteiger partial charge on any atom is -0.340 e. The van der Waals surface area contributed by atoms with E-state index in [2.05, 4.69) is 21.5 Å². The van der Waals surface area contributed by atoms with Crippen LogP contribution in [-0.2, 0) is 18.4 Å². The fourth-order valence-electron chi connectivity index (χ4n) is 3.41. The molecule has 0 bridgehead atoms. The average molecular weight is 305 g/mol. The van der Waals surface area contributed by atoms with Gasteiger partial charge in [-0.05, 0) is 31.8 Å². The van der Waals surface area contributed by atoms with E-state index < -0.39 is 0 Å². The Morgan fingerprint density at radius 3 is 2.82 bits per heavy atom. The van der Waals surface area contributed by atoms with Gasteiger partial charge in [-0.25, -0.2) is 0 Å². The van der Waals surface area contributed by atoms with E-state index in [0.29, 0.717) is 11.8 Å². The lowest BCUT2D eigenvalue weighted by Gasteiger charge is -2.34. The van der Waals surface area contributed by atoms with Crippen LogP contribution in [0.2, 0.25) is 0 Å². The van der Waals surface area contributed by atoms with Crippen molar-refractivity contribution in [1.82, 2.24) is 24.9 Å². The van der Waals surface area contributed by atoms with Crippen molar-refractivity contribution in [2.24, 2.45) is 13.0 Å². The predicted octanol–water partition coefficient (Wildman–Crippen LogP) is 0.454. The molecule has 0 aliphatic carbocycles. The molecule has 1 unspecified atom stereocenters. The van der Waals surface area contributed by atoms with Gasteiger partial charge in [-0.15, -0.1) is 0 Å². The van der Waals surface area contributed by atoms with Crippen molar-refractivity contribution in [3.8, 4) is 0 Å². The van der Waals surface area contributed by atoms with Crippen LogP contribution in [0.15, 0.2) is 12.4 Å². The van der Waals surface area contributed by atoms with E-state index in [4.69, 9.17) is 0 Å². The van der Waals surface area contributed by atoms with Crippen LogP contribution in [-0.4, -0.2) is 64.8 Å². The van der Waals surface area contributed by atoms with Crippen molar-refractivity contribution < 1.29 is 4.79 Å². The van der Waals surface area contributed by atoms with Gasteiger partial charge in [0.25, 0.3) is 0 Å². The third kappa shape index (κ3) is 4.08. The molecule has 0 aromatic carbocycles. The molecule has 1 aromatic heterocycles. The van der Waals surface area contributed by atoms with Gasteiger partial charge in [0.2, 0.25) is 5.91 Å². The Bertz CT molecular complexity index is 486. The first-order valence-corrected chi connectivity index (χ1v) is 8.39. The highest BCUT2D eigenvalue weighted by Crippen LogP contribution is 2.16. The molecule has 2 fully saturated rings. The lowest BCUT2D eigenvalue weighted by atomic mass is 10.0. The second-order valence-electron chi connectivity index (χ2n) is 6.58. The molecule has 1 aromatic rings. The number of rotatable bonds is 5. The molecule has 3 rings (SSSR count). The number of piperazine rings is 1. The summed E-state index contributed by atoms with van der Waals surface area (Å²) in [6, 6.07) is 0. The Labute approximate surface area is 132 Å². The summed E-state index contributed by atoms with van der Waals surface area (Å²) in [5, 5.41) is 7.58. The van der Waals surface area contributed by atoms with Gasteiger partial charge in [0, 0.05) is 58.0 Å². The van der Waals surface area contributed by atoms with Crippen LogP contribution >= 0.6 is 0 Å². The topological polar surface area (TPSA) is 53.4 Å². The fourth-order valence-corrected chi connectivity index (χ4v) is 3.41. The minimum absolute atomic E-state index is 0.341. The SMILES string of the molecule is Cn1cc(CN2CCN(C(=O)CCC3CCNC3)CC2)cn1. The molecule has 6 nitrogen and oxygen atoms in total. The van der Waals surface area contributed by atoms with Crippen LogP contribution in [0.1, 0.15) is 24.8 Å². The predicted molar refractivity (Wildman–Crippen MR) is 85.3 cm³/mol. The number of nitrogens with zero attached hydrogens (tertiary/aromatic N) is 4. The quantitative estimate of drug-likeness (QED) is 0.858. The third-order valence-corrected chi connectivity index (χ3v) is 4.82. The first kappa shape index (κ1) is 15.5. The molecule has 22 heavy (non-hydrogen) atoms. The highest BCUT2D eigenvalue weighted by molar-refractivity contribution is 5.76. The summed E-state index contributed by atoms with van der Waals surface area (Å²) >= 11 is 0. The van der Waals surface area contributed by atoms with Crippen LogP contribution in [0.4, 0.5) is 0 Å². The molecule has 2 saturated heterocycles. The fraction of sp³-hybridized carbons (Fsp3) is 0.750. The summed E-state index contributed by atoms with van der Waals surface area (Å²) < 4.78 is 1.84. The van der Waals surface area contributed by atoms with Crippen molar-refractivity contribution in [3.63, 3.8) is 0 Å². The standard InChI is InChI=1S/C16H27N5O/c1-19-12-15(11-18-19)13-20-6-8-21(9-7-20)16(22)3-2-14-4-5-17-10-14/h11-12,14,17H,2-10,13H2,1H3. The summed E-state index contributed by atoms with van der Waals surface area (Å²) in [6.45, 7) is 6.79. The molecule has 122 valence electrons. The Kier molecular flexibility index (Phi) is 5.10. The van der Waals surface area contributed by atoms with Crippen molar-refractivity contribution in [2.45, 2.75) is 25.8 Å². The maximum Gasteiger partial charge on any atom is 0.222 e. The Morgan fingerprint density at radius 1 is 1.36 bits per heavy atom. The second kappa shape index (κ2) is 7.24. The molecule has 1 N–H and O–H groups in total. The van der Waals surface area contributed by atoms with Crippen molar-refractivity contribution in [1.29, 1.82) is 0 Å². The summed E-state index contributed by atoms with van der Waals surface area (Å²) in [5.74, 6) is 1.05. The normalized spacial score (nSPS) is 23.1. The first-order chi connectivity index (χ1) is 10.7. The van der Waals surface area contributed by atoms with Gasteiger partial charge in [-0.1, -0.05) is 0 Å². The van der Waals surface area contributed by atoms with E-state index in [1.165, 1.54) is 12.0 Å². The lowest BCUT2D eigenvalue weighted by molar-refractivity contribution is -0.133. The van der Waals surface area contributed by atoms with E-state index in [-0.39, 0.29) is 0 Å². The number of carbonyl (C=O) groups is 1. The second-order valence-corrected chi connectivity index (χ2v) is 6.58. The molecule has 3 heterocycles. The van der Waals surface area contributed by atoms with Crippen LogP contribution in [0.5, 0.6) is 0 Å². The molecule has 6 heteroatoms.